The maximum Gasteiger partial charge on any atom is 0.174 e. The number of hydrogen-bond acceptors (Lipinski definition) is 3. The van der Waals surface area contributed by atoms with Crippen molar-refractivity contribution in [2.24, 2.45) is 5.92 Å². The van der Waals surface area contributed by atoms with E-state index >= 15 is 0 Å². The smallest absolute Gasteiger partial charge is 0.174 e. The van der Waals surface area contributed by atoms with Gasteiger partial charge in [-0.05, 0) is 17.7 Å². The van der Waals surface area contributed by atoms with E-state index in [4.69, 9.17) is 0 Å². The zero-order chi connectivity index (χ0) is 11.3. The molecule has 0 saturated heterocycles. The van der Waals surface area contributed by atoms with Crippen molar-refractivity contribution in [2.45, 2.75) is 13.8 Å². The number of carbonyl (C=O) groups is 1. The van der Waals surface area contributed by atoms with Gasteiger partial charge in [-0.2, -0.15) is 11.8 Å². The number of rotatable bonds is 5. The van der Waals surface area contributed by atoms with Crippen molar-refractivity contribution in [3.05, 3.63) is 29.8 Å². The highest BCUT2D eigenvalue weighted by atomic mass is 32.2. The second-order valence-electron chi connectivity index (χ2n) is 3.72. The summed E-state index contributed by atoms with van der Waals surface area (Å²) >= 11 is 1.57. The molecule has 0 saturated carbocycles. The Morgan fingerprint density at radius 2 is 2.27 bits per heavy atom. The van der Waals surface area contributed by atoms with Gasteiger partial charge >= 0.3 is 0 Å². The summed E-state index contributed by atoms with van der Waals surface area (Å²) in [7, 11) is 0. The monoisotopic (exact) mass is 227 g/mol. The number of pyridine rings is 1. The van der Waals surface area contributed by atoms with Gasteiger partial charge < -0.3 is 0 Å². The fourth-order valence-electron chi connectivity index (χ4n) is 1.04. The van der Waals surface area contributed by atoms with E-state index in [-0.39, 0.29) is 5.78 Å². The number of aromatic nitrogens is 1. The van der Waals surface area contributed by atoms with E-state index in [9.17, 15) is 9.18 Å². The molecule has 0 unspecified atom stereocenters. The van der Waals surface area contributed by atoms with Crippen molar-refractivity contribution in [2.75, 3.05) is 11.5 Å². The quantitative estimate of drug-likeness (QED) is 0.724. The average molecular weight is 227 g/mol. The molecule has 15 heavy (non-hydrogen) atoms. The largest absolute Gasteiger partial charge is 0.293 e. The Balaban J connectivity index is 2.47. The first-order chi connectivity index (χ1) is 7.09. The number of halogens is 1. The van der Waals surface area contributed by atoms with Gasteiger partial charge in [0.1, 0.15) is 5.82 Å². The summed E-state index contributed by atoms with van der Waals surface area (Å²) in [6.07, 6.45) is 2.50. The van der Waals surface area contributed by atoms with Crippen molar-refractivity contribution in [1.82, 2.24) is 4.98 Å². The van der Waals surface area contributed by atoms with Crippen LogP contribution in [0.5, 0.6) is 0 Å². The molecule has 0 atom stereocenters. The van der Waals surface area contributed by atoms with Crippen LogP contribution >= 0.6 is 11.8 Å². The van der Waals surface area contributed by atoms with Gasteiger partial charge in [0, 0.05) is 11.8 Å². The van der Waals surface area contributed by atoms with Crippen molar-refractivity contribution in [3.8, 4) is 0 Å². The first-order valence-corrected chi connectivity index (χ1v) is 5.96. The topological polar surface area (TPSA) is 30.0 Å². The summed E-state index contributed by atoms with van der Waals surface area (Å²) < 4.78 is 12.8. The van der Waals surface area contributed by atoms with Crippen LogP contribution in [0.15, 0.2) is 18.5 Å². The Morgan fingerprint density at radius 1 is 1.53 bits per heavy atom. The van der Waals surface area contributed by atoms with Crippen LogP contribution in [0.25, 0.3) is 0 Å². The molecule has 0 spiro atoms. The molecule has 0 bridgehead atoms. The predicted molar refractivity (Wildman–Crippen MR) is 60.7 cm³/mol. The number of nitrogens with zero attached hydrogens (tertiary/aromatic N) is 1. The molecule has 0 fully saturated rings. The van der Waals surface area contributed by atoms with Gasteiger partial charge in [-0.25, -0.2) is 4.39 Å². The highest BCUT2D eigenvalue weighted by molar-refractivity contribution is 7.99. The Hall–Kier alpha value is -0.900. The molecule has 1 rings (SSSR count). The van der Waals surface area contributed by atoms with E-state index < -0.39 is 5.82 Å². The molecule has 0 aliphatic rings. The molecular formula is C11H14FNOS. The summed E-state index contributed by atoms with van der Waals surface area (Å²) in [4.78, 5) is 15.2. The Kier molecular flexibility index (Phi) is 4.75. The number of Topliss-reactive ketones (excluding diaryl/α,β-unsaturated/α-hetero) is 1. The van der Waals surface area contributed by atoms with Crippen LogP contribution in [0.3, 0.4) is 0 Å². The molecule has 1 aromatic heterocycles. The molecule has 1 aromatic rings. The fourth-order valence-corrected chi connectivity index (χ4v) is 1.98. The highest BCUT2D eigenvalue weighted by Crippen LogP contribution is 2.11. The zero-order valence-electron chi connectivity index (χ0n) is 8.87. The lowest BCUT2D eigenvalue weighted by atomic mass is 10.2. The summed E-state index contributed by atoms with van der Waals surface area (Å²) in [5, 5.41) is 0. The number of thioether (sulfide) groups is 1. The summed E-state index contributed by atoms with van der Waals surface area (Å²) in [6.45, 7) is 4.20. The van der Waals surface area contributed by atoms with Crippen LogP contribution in [0.4, 0.5) is 4.39 Å². The molecule has 1 heterocycles. The second-order valence-corrected chi connectivity index (χ2v) is 4.75. The molecule has 0 aromatic carbocycles. The van der Waals surface area contributed by atoms with E-state index in [1.807, 2.05) is 0 Å². The van der Waals surface area contributed by atoms with Crippen molar-refractivity contribution < 1.29 is 9.18 Å². The minimum atomic E-state index is -0.463. The van der Waals surface area contributed by atoms with Crippen LogP contribution in [0, 0.1) is 11.7 Å². The third kappa shape index (κ3) is 4.42. The maximum absolute atomic E-state index is 12.8. The van der Waals surface area contributed by atoms with Crippen LogP contribution in [-0.2, 0) is 0 Å². The SMILES string of the molecule is CC(C)CSCC(=O)c1cncc(F)c1. The van der Waals surface area contributed by atoms with Gasteiger partial charge in [-0.15, -0.1) is 0 Å². The summed E-state index contributed by atoms with van der Waals surface area (Å²) in [5.41, 5.74) is 0.353. The molecule has 2 nitrogen and oxygen atoms in total. The highest BCUT2D eigenvalue weighted by Gasteiger charge is 2.07. The molecule has 0 aliphatic carbocycles. The summed E-state index contributed by atoms with van der Waals surface area (Å²) in [6, 6.07) is 1.23. The minimum absolute atomic E-state index is 0.0624. The number of hydrogen-bond donors (Lipinski definition) is 0. The fraction of sp³-hybridized carbons (Fsp3) is 0.455. The molecule has 0 radical (unpaired) electrons. The Labute approximate surface area is 93.3 Å². The summed E-state index contributed by atoms with van der Waals surface area (Å²) in [5.74, 6) is 1.37. The van der Waals surface area contributed by atoms with Gasteiger partial charge in [-0.3, -0.25) is 9.78 Å². The van der Waals surface area contributed by atoms with Gasteiger partial charge in [0.05, 0.1) is 11.9 Å². The second kappa shape index (κ2) is 5.85. The van der Waals surface area contributed by atoms with Gasteiger partial charge in [0.2, 0.25) is 0 Å². The Bertz CT molecular complexity index is 341. The molecule has 0 aliphatic heterocycles. The number of carbonyl (C=O) groups excluding carboxylic acids is 1. The zero-order valence-corrected chi connectivity index (χ0v) is 9.68. The van der Waals surface area contributed by atoms with Crippen LogP contribution < -0.4 is 0 Å². The van der Waals surface area contributed by atoms with Gasteiger partial charge in [-0.1, -0.05) is 13.8 Å². The third-order valence-corrected chi connectivity index (χ3v) is 3.08. The maximum atomic E-state index is 12.8. The lowest BCUT2D eigenvalue weighted by Crippen LogP contribution is -2.05. The standard InChI is InChI=1S/C11H14FNOS/c1-8(2)6-15-7-11(14)9-3-10(12)5-13-4-9/h3-5,8H,6-7H2,1-2H3. The number of ketones is 1. The van der Waals surface area contributed by atoms with Crippen molar-refractivity contribution in [1.29, 1.82) is 0 Å². The molecule has 4 heteroatoms. The lowest BCUT2D eigenvalue weighted by Gasteiger charge is -2.03. The predicted octanol–water partition coefficient (Wildman–Crippen LogP) is 2.79. The lowest BCUT2D eigenvalue weighted by molar-refractivity contribution is 0.102. The minimum Gasteiger partial charge on any atom is -0.293 e. The van der Waals surface area contributed by atoms with Crippen LogP contribution in [-0.4, -0.2) is 22.3 Å². The van der Waals surface area contributed by atoms with Crippen molar-refractivity contribution in [3.63, 3.8) is 0 Å². The molecular weight excluding hydrogens is 213 g/mol. The molecule has 82 valence electrons. The van der Waals surface area contributed by atoms with Gasteiger partial charge in [0.15, 0.2) is 5.78 Å². The first-order valence-electron chi connectivity index (χ1n) is 4.81. The van der Waals surface area contributed by atoms with E-state index in [1.165, 1.54) is 12.3 Å². The van der Waals surface area contributed by atoms with E-state index in [2.05, 4.69) is 18.8 Å². The van der Waals surface area contributed by atoms with Crippen molar-refractivity contribution >= 4 is 17.5 Å². The van der Waals surface area contributed by atoms with E-state index in [0.717, 1.165) is 11.9 Å². The van der Waals surface area contributed by atoms with Crippen LogP contribution in [0.2, 0.25) is 0 Å². The van der Waals surface area contributed by atoms with Gasteiger partial charge in [0.25, 0.3) is 0 Å². The van der Waals surface area contributed by atoms with E-state index in [0.29, 0.717) is 17.2 Å². The Morgan fingerprint density at radius 3 is 2.87 bits per heavy atom. The third-order valence-electron chi connectivity index (χ3n) is 1.71. The van der Waals surface area contributed by atoms with E-state index in [1.54, 1.807) is 11.8 Å². The molecule has 0 amide bonds. The average Bonchev–Trinajstić information content (AvgIpc) is 2.17. The normalized spacial score (nSPS) is 10.7. The first kappa shape index (κ1) is 12.2. The van der Waals surface area contributed by atoms with Crippen LogP contribution in [0.1, 0.15) is 24.2 Å². The molecule has 0 N–H and O–H groups in total.